The molecule has 56 valence electrons. The Hall–Kier alpha value is -1.05. The molecule has 0 N–H and O–H groups in total. The van der Waals surface area contributed by atoms with E-state index in [0.717, 1.165) is 12.2 Å². The lowest BCUT2D eigenvalue weighted by atomic mass is 10.1. The van der Waals surface area contributed by atoms with Crippen LogP contribution in [0.3, 0.4) is 0 Å². The molecule has 1 nitrogen and oxygen atoms in total. The van der Waals surface area contributed by atoms with Gasteiger partial charge in [0.05, 0.1) is 0 Å². The lowest BCUT2D eigenvalue weighted by molar-refractivity contribution is 0.317. The van der Waals surface area contributed by atoms with Crippen LogP contribution in [0.2, 0.25) is 0 Å². The van der Waals surface area contributed by atoms with Gasteiger partial charge < -0.3 is 4.74 Å². The lowest BCUT2D eigenvalue weighted by Crippen LogP contribution is -1.91. The summed E-state index contributed by atoms with van der Waals surface area (Å²) < 4.78 is 18.0. The van der Waals surface area contributed by atoms with Gasteiger partial charge >= 0.3 is 0 Å². The van der Waals surface area contributed by atoms with Gasteiger partial charge in [0.2, 0.25) is 0 Å². The first-order valence-corrected chi connectivity index (χ1v) is 3.81. The van der Waals surface area contributed by atoms with Crippen molar-refractivity contribution in [3.8, 4) is 5.75 Å². The highest BCUT2D eigenvalue weighted by atomic mass is 19.1. The molecule has 0 radical (unpaired) electrons. The number of benzene rings is 1. The Morgan fingerprint density at radius 3 is 3.27 bits per heavy atom. The average molecular weight is 150 g/mol. The fourth-order valence-corrected chi connectivity index (χ4v) is 1.71. The summed E-state index contributed by atoms with van der Waals surface area (Å²) in [6, 6.07) is 4.81. The Labute approximate surface area is 63.8 Å². The number of rotatable bonds is 0. The molecular formula is C9H7FO. The third-order valence-corrected chi connectivity index (χ3v) is 2.39. The topological polar surface area (TPSA) is 9.23 Å². The number of hydrogen-bond donors (Lipinski definition) is 0. The first-order valence-electron chi connectivity index (χ1n) is 3.81. The minimum atomic E-state index is -0.204. The van der Waals surface area contributed by atoms with Gasteiger partial charge in [-0.3, -0.25) is 0 Å². The molecule has 3 rings (SSSR count). The molecule has 11 heavy (non-hydrogen) atoms. The molecule has 1 saturated carbocycles. The van der Waals surface area contributed by atoms with Crippen molar-refractivity contribution < 1.29 is 9.13 Å². The second-order valence-corrected chi connectivity index (χ2v) is 3.18. The van der Waals surface area contributed by atoms with Crippen LogP contribution >= 0.6 is 0 Å². The van der Waals surface area contributed by atoms with Gasteiger partial charge in [0.15, 0.2) is 0 Å². The molecule has 1 fully saturated rings. The minimum Gasteiger partial charge on any atom is -0.489 e. The molecule has 1 aliphatic carbocycles. The Bertz CT molecular complexity index is 321. The normalized spacial score (nSPS) is 30.6. The maximum Gasteiger partial charge on any atom is 0.126 e. The predicted molar refractivity (Wildman–Crippen MR) is 38.2 cm³/mol. The van der Waals surface area contributed by atoms with E-state index < -0.39 is 0 Å². The maximum absolute atomic E-state index is 12.6. The zero-order valence-corrected chi connectivity index (χ0v) is 5.88. The third kappa shape index (κ3) is 0.642. The molecule has 2 aliphatic rings. The quantitative estimate of drug-likeness (QED) is 0.550. The molecule has 2 unspecified atom stereocenters. The molecule has 1 heterocycles. The summed E-state index contributed by atoms with van der Waals surface area (Å²) in [5.74, 6) is 1.13. The number of ether oxygens (including phenoxy) is 1. The van der Waals surface area contributed by atoms with Crippen molar-refractivity contribution in [3.05, 3.63) is 29.6 Å². The SMILES string of the molecule is Fc1ccc2c(c1)OC1CC21. The summed E-state index contributed by atoms with van der Waals surface area (Å²) in [4.78, 5) is 0. The van der Waals surface area contributed by atoms with Crippen LogP contribution < -0.4 is 4.74 Å². The van der Waals surface area contributed by atoms with E-state index in [1.165, 1.54) is 17.7 Å². The zero-order valence-electron chi connectivity index (χ0n) is 5.88. The van der Waals surface area contributed by atoms with E-state index >= 15 is 0 Å². The highest BCUT2D eigenvalue weighted by Crippen LogP contribution is 2.53. The number of halogens is 1. The second-order valence-electron chi connectivity index (χ2n) is 3.18. The minimum absolute atomic E-state index is 0.204. The monoisotopic (exact) mass is 150 g/mol. The second kappa shape index (κ2) is 1.58. The van der Waals surface area contributed by atoms with Gasteiger partial charge in [0.1, 0.15) is 17.7 Å². The summed E-state index contributed by atoms with van der Waals surface area (Å²) >= 11 is 0. The van der Waals surface area contributed by atoms with Crippen molar-refractivity contribution in [2.24, 2.45) is 0 Å². The Kier molecular flexibility index (Phi) is 0.799. The molecule has 0 aromatic heterocycles. The summed E-state index contributed by atoms with van der Waals surface area (Å²) in [6.07, 6.45) is 1.49. The summed E-state index contributed by atoms with van der Waals surface area (Å²) in [7, 11) is 0. The first-order chi connectivity index (χ1) is 5.34. The van der Waals surface area contributed by atoms with Crippen LogP contribution in [0, 0.1) is 5.82 Å². The predicted octanol–water partition coefficient (Wildman–Crippen LogP) is 2.07. The molecule has 0 amide bonds. The largest absolute Gasteiger partial charge is 0.489 e. The molecule has 1 aromatic rings. The Balaban J connectivity index is 2.18. The van der Waals surface area contributed by atoms with Gasteiger partial charge in [-0.15, -0.1) is 0 Å². The van der Waals surface area contributed by atoms with E-state index in [9.17, 15) is 4.39 Å². The van der Waals surface area contributed by atoms with Gasteiger partial charge in [-0.25, -0.2) is 4.39 Å². The first kappa shape index (κ1) is 5.58. The van der Waals surface area contributed by atoms with Gasteiger partial charge in [-0.1, -0.05) is 6.07 Å². The molecule has 1 aliphatic heterocycles. The van der Waals surface area contributed by atoms with E-state index in [1.54, 1.807) is 0 Å². The van der Waals surface area contributed by atoms with Crippen LogP contribution in [0.4, 0.5) is 4.39 Å². The summed E-state index contributed by atoms with van der Waals surface area (Å²) in [6.45, 7) is 0. The number of hydrogen-bond acceptors (Lipinski definition) is 1. The van der Waals surface area contributed by atoms with Crippen molar-refractivity contribution in [2.45, 2.75) is 18.4 Å². The number of fused-ring (bicyclic) bond motifs is 3. The van der Waals surface area contributed by atoms with E-state index in [0.29, 0.717) is 12.0 Å². The average Bonchev–Trinajstić information content (AvgIpc) is 2.63. The zero-order chi connectivity index (χ0) is 7.42. The molecule has 1 aromatic carbocycles. The van der Waals surface area contributed by atoms with Gasteiger partial charge in [-0.2, -0.15) is 0 Å². The van der Waals surface area contributed by atoms with Crippen molar-refractivity contribution in [3.63, 3.8) is 0 Å². The van der Waals surface area contributed by atoms with Crippen LogP contribution in [-0.2, 0) is 0 Å². The molecule has 0 spiro atoms. The standard InChI is InChI=1S/C9H7FO/c10-5-1-2-6-7-4-9(7)11-8(6)3-5/h1-3,7,9H,4H2. The van der Waals surface area contributed by atoms with E-state index in [4.69, 9.17) is 4.74 Å². The maximum atomic E-state index is 12.6. The Morgan fingerprint density at radius 1 is 1.45 bits per heavy atom. The van der Waals surface area contributed by atoms with E-state index in [-0.39, 0.29) is 5.82 Å². The van der Waals surface area contributed by atoms with Crippen molar-refractivity contribution in [1.29, 1.82) is 0 Å². The summed E-state index contributed by atoms with van der Waals surface area (Å²) in [5.41, 5.74) is 1.19. The molecule has 2 heteroatoms. The molecular weight excluding hydrogens is 143 g/mol. The molecule has 2 atom stereocenters. The smallest absolute Gasteiger partial charge is 0.126 e. The molecule has 0 saturated heterocycles. The highest BCUT2D eigenvalue weighted by molar-refractivity contribution is 5.45. The van der Waals surface area contributed by atoms with Crippen LogP contribution in [0.5, 0.6) is 5.75 Å². The molecule has 0 bridgehead atoms. The van der Waals surface area contributed by atoms with Crippen LogP contribution in [0.25, 0.3) is 0 Å². The van der Waals surface area contributed by atoms with Crippen LogP contribution in [0.15, 0.2) is 18.2 Å². The van der Waals surface area contributed by atoms with Crippen molar-refractivity contribution in [1.82, 2.24) is 0 Å². The van der Waals surface area contributed by atoms with E-state index in [2.05, 4.69) is 0 Å². The Morgan fingerprint density at radius 2 is 2.36 bits per heavy atom. The third-order valence-electron chi connectivity index (χ3n) is 2.39. The van der Waals surface area contributed by atoms with Crippen molar-refractivity contribution in [2.75, 3.05) is 0 Å². The fraction of sp³-hybridized carbons (Fsp3) is 0.333. The van der Waals surface area contributed by atoms with Gasteiger partial charge in [0.25, 0.3) is 0 Å². The van der Waals surface area contributed by atoms with Gasteiger partial charge in [-0.05, 0) is 12.5 Å². The van der Waals surface area contributed by atoms with Crippen molar-refractivity contribution >= 4 is 0 Å². The van der Waals surface area contributed by atoms with Crippen LogP contribution in [-0.4, -0.2) is 6.10 Å². The fourth-order valence-electron chi connectivity index (χ4n) is 1.71. The van der Waals surface area contributed by atoms with Crippen LogP contribution in [0.1, 0.15) is 17.9 Å². The lowest BCUT2D eigenvalue weighted by Gasteiger charge is -2.01. The van der Waals surface area contributed by atoms with E-state index in [1.807, 2.05) is 6.07 Å². The van der Waals surface area contributed by atoms with Gasteiger partial charge in [0, 0.05) is 17.5 Å². The highest BCUT2D eigenvalue weighted by Gasteiger charge is 2.47. The summed E-state index contributed by atoms with van der Waals surface area (Å²) in [5, 5.41) is 0.